The monoisotopic (exact) mass is 618 g/mol. The second-order valence-electron chi connectivity index (χ2n) is 13.6. The van der Waals surface area contributed by atoms with Gasteiger partial charge in [-0.15, -0.1) is 0 Å². The molecular formula is C32H43IO4. The first-order chi connectivity index (χ1) is 18.0. The number of hydrogen-bond donors (Lipinski definition) is 0. The van der Waals surface area contributed by atoms with Gasteiger partial charge < -0.3 is 0 Å². The normalized spacial score (nSPS) is 45.1. The number of carbonyl (C=O) groups is 2. The summed E-state index contributed by atoms with van der Waals surface area (Å²) in [6, 6.07) is 9.97. The average Bonchev–Trinajstić information content (AvgIpc) is 2.89. The van der Waals surface area contributed by atoms with E-state index in [0.717, 1.165) is 40.1 Å². The van der Waals surface area contributed by atoms with Crippen LogP contribution in [0.1, 0.15) is 90.9 Å². The molecule has 0 amide bonds. The molecule has 0 atom stereocenters. The van der Waals surface area contributed by atoms with Crippen LogP contribution in [0.3, 0.4) is 0 Å². The van der Waals surface area contributed by atoms with Gasteiger partial charge in [-0.1, -0.05) is 0 Å². The van der Waals surface area contributed by atoms with Gasteiger partial charge in [0.2, 0.25) is 0 Å². The van der Waals surface area contributed by atoms with Crippen LogP contribution in [0.4, 0.5) is 0 Å². The summed E-state index contributed by atoms with van der Waals surface area (Å²) in [5.74, 6) is 4.90. The summed E-state index contributed by atoms with van der Waals surface area (Å²) in [6.07, 6.45) is 13.9. The maximum atomic E-state index is 14.2. The molecule has 202 valence electrons. The van der Waals surface area contributed by atoms with Gasteiger partial charge in [-0.25, -0.2) is 0 Å². The van der Waals surface area contributed by atoms with Crippen molar-refractivity contribution in [2.45, 2.75) is 90.9 Å². The van der Waals surface area contributed by atoms with Crippen LogP contribution in [0.25, 0.3) is 0 Å². The van der Waals surface area contributed by atoms with Gasteiger partial charge in [0.25, 0.3) is 0 Å². The molecule has 9 rings (SSSR count). The molecule has 8 fully saturated rings. The van der Waals surface area contributed by atoms with E-state index in [2.05, 4.69) is 13.8 Å². The molecule has 0 N–H and O–H groups in total. The Morgan fingerprint density at radius 2 is 1.00 bits per heavy atom. The number of benzene rings is 1. The Bertz CT molecular complexity index is 930. The van der Waals surface area contributed by atoms with Crippen LogP contribution in [0, 0.1) is 61.7 Å². The Kier molecular flexibility index (Phi) is 6.21. The number of halogens is 1. The molecule has 8 bridgehead atoms. The van der Waals surface area contributed by atoms with E-state index < -0.39 is 20.6 Å². The van der Waals surface area contributed by atoms with Gasteiger partial charge in [0.1, 0.15) is 0 Å². The van der Waals surface area contributed by atoms with Gasteiger partial charge in [-0.2, -0.15) is 0 Å². The van der Waals surface area contributed by atoms with Gasteiger partial charge in [-0.05, 0) is 0 Å². The van der Waals surface area contributed by atoms with Crippen molar-refractivity contribution < 1.29 is 15.7 Å². The predicted molar refractivity (Wildman–Crippen MR) is 151 cm³/mol. The first-order valence-electron chi connectivity index (χ1n) is 15.2. The van der Waals surface area contributed by atoms with E-state index in [1.165, 1.54) is 64.2 Å². The molecule has 1 aromatic rings. The van der Waals surface area contributed by atoms with E-state index in [9.17, 15) is 9.59 Å². The molecule has 4 nitrogen and oxygen atoms in total. The minimum absolute atomic E-state index is 0.0405. The van der Waals surface area contributed by atoms with Gasteiger partial charge in [0.15, 0.2) is 0 Å². The summed E-state index contributed by atoms with van der Waals surface area (Å²) in [6.45, 7) is 4.38. The van der Waals surface area contributed by atoms with E-state index in [1.54, 1.807) is 0 Å². The number of hydrogen-bond acceptors (Lipinski definition) is 4. The van der Waals surface area contributed by atoms with E-state index >= 15 is 0 Å². The van der Waals surface area contributed by atoms with Crippen molar-refractivity contribution in [1.29, 1.82) is 0 Å². The van der Waals surface area contributed by atoms with Crippen molar-refractivity contribution in [2.24, 2.45) is 58.2 Å². The molecule has 0 unspecified atom stereocenters. The number of carbonyl (C=O) groups excluding carboxylic acids is 2. The molecule has 8 saturated carbocycles. The summed E-state index contributed by atoms with van der Waals surface area (Å²) < 4.78 is 14.0. The molecule has 0 radical (unpaired) electrons. The van der Waals surface area contributed by atoms with Gasteiger partial charge in [0, 0.05) is 0 Å². The molecule has 0 spiro atoms. The molecule has 37 heavy (non-hydrogen) atoms. The Labute approximate surface area is 230 Å². The summed E-state index contributed by atoms with van der Waals surface area (Å²) in [4.78, 5) is 28.5. The standard InChI is InChI=1S/C32H43IO4/c1-3-31(24-12-20-10-21(14-24)15-25(31)13-20)29(34)36-33(28-8-6-5-7-9-28)37-30(35)32(4-2)26-16-22-11-23(18-26)19-27(32)17-22/h5-9,20-27H,3-4,10-19H2,1-2H3. The molecule has 8 aliphatic rings. The zero-order valence-corrected chi connectivity index (χ0v) is 24.7. The molecule has 5 heteroatoms. The molecule has 0 aliphatic heterocycles. The molecular weight excluding hydrogens is 575 g/mol. The third-order valence-electron chi connectivity index (χ3n) is 12.3. The topological polar surface area (TPSA) is 52.6 Å². The zero-order valence-electron chi connectivity index (χ0n) is 22.5. The Balaban J connectivity index is 1.17. The summed E-state index contributed by atoms with van der Waals surface area (Å²) in [7, 11) is 0. The quantitative estimate of drug-likeness (QED) is 0.291. The van der Waals surface area contributed by atoms with Crippen LogP contribution < -0.4 is 0 Å². The molecule has 1 aromatic carbocycles. The van der Waals surface area contributed by atoms with E-state index in [1.807, 2.05) is 30.3 Å². The first-order valence-corrected chi connectivity index (χ1v) is 18.0. The zero-order chi connectivity index (χ0) is 25.4. The summed E-state index contributed by atoms with van der Waals surface area (Å²) in [5, 5.41) is 0. The number of rotatable bonds is 7. The van der Waals surface area contributed by atoms with E-state index in [-0.39, 0.29) is 22.8 Å². The van der Waals surface area contributed by atoms with E-state index in [0.29, 0.717) is 23.7 Å². The van der Waals surface area contributed by atoms with Gasteiger partial charge in [0.05, 0.1) is 0 Å². The Morgan fingerprint density at radius 1 is 0.649 bits per heavy atom. The van der Waals surface area contributed by atoms with Crippen LogP contribution in [0.15, 0.2) is 30.3 Å². The van der Waals surface area contributed by atoms with Gasteiger partial charge in [-0.3, -0.25) is 0 Å². The fourth-order valence-electron chi connectivity index (χ4n) is 11.1. The van der Waals surface area contributed by atoms with Crippen LogP contribution in [-0.2, 0) is 15.7 Å². The summed E-state index contributed by atoms with van der Waals surface area (Å²) in [5.41, 5.74) is -0.759. The van der Waals surface area contributed by atoms with Crippen molar-refractivity contribution >= 4 is 32.6 Å². The Morgan fingerprint density at radius 3 is 1.32 bits per heavy atom. The predicted octanol–water partition coefficient (Wildman–Crippen LogP) is 7.98. The van der Waals surface area contributed by atoms with Crippen LogP contribution in [0.2, 0.25) is 0 Å². The second-order valence-corrected chi connectivity index (χ2v) is 17.0. The fraction of sp³-hybridized carbons (Fsp3) is 0.750. The first kappa shape index (κ1) is 24.9. The SMILES string of the molecule is CCC1(C(=O)OI(OC(=O)C2(CC)C3CC4CC(C3)CC2C4)c2ccccc2)C2CC3CC(C2)CC1C3. The molecule has 0 heterocycles. The van der Waals surface area contributed by atoms with E-state index in [4.69, 9.17) is 6.13 Å². The molecule has 0 aromatic heterocycles. The Hall–Kier alpha value is -1.11. The van der Waals surface area contributed by atoms with Crippen molar-refractivity contribution in [1.82, 2.24) is 0 Å². The average molecular weight is 619 g/mol. The van der Waals surface area contributed by atoms with Crippen LogP contribution in [-0.4, -0.2) is 11.9 Å². The molecule has 0 saturated heterocycles. The minimum atomic E-state index is -2.99. The molecule has 8 aliphatic carbocycles. The second kappa shape index (κ2) is 9.23. The van der Waals surface area contributed by atoms with Crippen molar-refractivity contribution in [3.8, 4) is 0 Å². The van der Waals surface area contributed by atoms with Crippen LogP contribution >= 0.6 is 20.6 Å². The maximum absolute atomic E-state index is 14.2. The van der Waals surface area contributed by atoms with Crippen molar-refractivity contribution in [3.05, 3.63) is 33.9 Å². The summed E-state index contributed by atoms with van der Waals surface area (Å²) >= 11 is -2.99. The fourth-order valence-corrected chi connectivity index (χ4v) is 14.2. The van der Waals surface area contributed by atoms with Crippen molar-refractivity contribution in [2.75, 3.05) is 0 Å². The van der Waals surface area contributed by atoms with Crippen LogP contribution in [0.5, 0.6) is 0 Å². The van der Waals surface area contributed by atoms with Crippen molar-refractivity contribution in [3.63, 3.8) is 0 Å². The van der Waals surface area contributed by atoms with Gasteiger partial charge >= 0.3 is 231 Å². The third-order valence-corrected chi connectivity index (χ3v) is 15.6. The third kappa shape index (κ3) is 3.71.